The minimum Gasteiger partial charge on any atom is -0.294 e. The second kappa shape index (κ2) is 3.95. The van der Waals surface area contributed by atoms with Crippen LogP contribution in [0.4, 0.5) is 0 Å². The molecule has 1 N–H and O–H groups in total. The maximum Gasteiger partial charge on any atom is 0.328 e. The molecule has 0 spiro atoms. The largest absolute Gasteiger partial charge is 0.328 e. The Morgan fingerprint density at radius 1 is 1.47 bits per heavy atom. The number of nitrogens with one attached hydrogen (secondary N) is 1. The molecule has 2 aromatic rings. The Morgan fingerprint density at radius 3 is 2.87 bits per heavy atom. The van der Waals surface area contributed by atoms with Gasteiger partial charge in [0.05, 0.1) is 6.54 Å². The van der Waals surface area contributed by atoms with Gasteiger partial charge in [-0.15, -0.1) is 10.2 Å². The molecular formula is C7H5ClN4O2S. The number of aromatic amines is 1. The summed E-state index contributed by atoms with van der Waals surface area (Å²) in [5, 5.41) is 7.97. The van der Waals surface area contributed by atoms with Crippen LogP contribution < -0.4 is 11.2 Å². The van der Waals surface area contributed by atoms with E-state index in [2.05, 4.69) is 15.2 Å². The van der Waals surface area contributed by atoms with E-state index in [-0.39, 0.29) is 6.54 Å². The molecular weight excluding hydrogens is 240 g/mol. The van der Waals surface area contributed by atoms with E-state index in [4.69, 9.17) is 11.6 Å². The quantitative estimate of drug-likeness (QED) is 0.812. The number of aromatic nitrogens is 4. The summed E-state index contributed by atoms with van der Waals surface area (Å²) in [6.07, 6.45) is 1.40. The molecule has 0 aromatic carbocycles. The molecule has 6 nitrogen and oxygen atoms in total. The minimum atomic E-state index is -0.478. The Bertz CT molecular complexity index is 587. The number of hydrogen-bond acceptors (Lipinski definition) is 5. The van der Waals surface area contributed by atoms with Crippen molar-refractivity contribution in [2.45, 2.75) is 6.54 Å². The normalized spacial score (nSPS) is 10.5. The van der Waals surface area contributed by atoms with Crippen LogP contribution in [0.15, 0.2) is 21.9 Å². The fraction of sp³-hybridized carbons (Fsp3) is 0.143. The monoisotopic (exact) mass is 244 g/mol. The first-order valence-corrected chi connectivity index (χ1v) is 5.12. The van der Waals surface area contributed by atoms with E-state index in [1.165, 1.54) is 28.2 Å². The summed E-state index contributed by atoms with van der Waals surface area (Å²) in [5.41, 5.74) is -0.902. The van der Waals surface area contributed by atoms with Gasteiger partial charge in [-0.05, 0) is 11.6 Å². The summed E-state index contributed by atoms with van der Waals surface area (Å²) in [4.78, 5) is 24.2. The second-order valence-electron chi connectivity index (χ2n) is 2.69. The van der Waals surface area contributed by atoms with Crippen LogP contribution in [0.2, 0.25) is 4.47 Å². The SMILES string of the molecule is O=c1ccn(Cc2nnc(Cl)s2)c(=O)[nH]1. The molecule has 0 unspecified atom stereocenters. The fourth-order valence-electron chi connectivity index (χ4n) is 1.01. The summed E-state index contributed by atoms with van der Waals surface area (Å²) in [6, 6.07) is 1.27. The van der Waals surface area contributed by atoms with Crippen molar-refractivity contribution in [1.82, 2.24) is 19.7 Å². The molecule has 2 rings (SSSR count). The first-order valence-electron chi connectivity index (χ1n) is 3.93. The Morgan fingerprint density at radius 2 is 2.27 bits per heavy atom. The lowest BCUT2D eigenvalue weighted by molar-refractivity contribution is 0.709. The summed E-state index contributed by atoms with van der Waals surface area (Å²) in [5.74, 6) is 0. The van der Waals surface area contributed by atoms with Gasteiger partial charge < -0.3 is 0 Å². The van der Waals surface area contributed by atoms with Gasteiger partial charge in [-0.2, -0.15) is 0 Å². The van der Waals surface area contributed by atoms with Crippen molar-refractivity contribution < 1.29 is 0 Å². The van der Waals surface area contributed by atoms with Gasteiger partial charge in [-0.25, -0.2) is 4.79 Å². The third kappa shape index (κ3) is 2.31. The molecule has 0 radical (unpaired) electrons. The predicted molar refractivity (Wildman–Crippen MR) is 55.3 cm³/mol. The van der Waals surface area contributed by atoms with Crippen LogP contribution in [0.3, 0.4) is 0 Å². The third-order valence-electron chi connectivity index (χ3n) is 1.64. The standard InChI is InChI=1S/C7H5ClN4O2S/c8-6-11-10-5(15-6)3-12-2-1-4(13)9-7(12)14/h1-2H,3H2,(H,9,13,14). The highest BCUT2D eigenvalue weighted by atomic mass is 35.5. The molecule has 8 heteroatoms. The lowest BCUT2D eigenvalue weighted by Gasteiger charge is -1.99. The average Bonchev–Trinajstić information content (AvgIpc) is 2.56. The van der Waals surface area contributed by atoms with Gasteiger partial charge in [0.25, 0.3) is 5.56 Å². The average molecular weight is 245 g/mol. The highest BCUT2D eigenvalue weighted by Gasteiger charge is 2.03. The highest BCUT2D eigenvalue weighted by molar-refractivity contribution is 7.15. The molecule has 2 aromatic heterocycles. The molecule has 2 heterocycles. The van der Waals surface area contributed by atoms with E-state index in [1.54, 1.807) is 0 Å². The summed E-state index contributed by atoms with van der Waals surface area (Å²) >= 11 is 6.78. The number of hydrogen-bond donors (Lipinski definition) is 1. The topological polar surface area (TPSA) is 80.6 Å². The van der Waals surface area contributed by atoms with Gasteiger partial charge >= 0.3 is 5.69 Å². The van der Waals surface area contributed by atoms with Crippen molar-refractivity contribution in [3.63, 3.8) is 0 Å². The van der Waals surface area contributed by atoms with Crippen molar-refractivity contribution in [2.24, 2.45) is 0 Å². The van der Waals surface area contributed by atoms with Gasteiger partial charge in [-0.1, -0.05) is 11.3 Å². The summed E-state index contributed by atoms with van der Waals surface area (Å²) in [6.45, 7) is 0.250. The Hall–Kier alpha value is -1.47. The van der Waals surface area contributed by atoms with Crippen LogP contribution in [0.1, 0.15) is 5.01 Å². The lowest BCUT2D eigenvalue weighted by Crippen LogP contribution is -2.28. The van der Waals surface area contributed by atoms with Crippen LogP contribution in [-0.2, 0) is 6.54 Å². The van der Waals surface area contributed by atoms with E-state index in [1.807, 2.05) is 0 Å². The summed E-state index contributed by atoms with van der Waals surface area (Å²) in [7, 11) is 0. The molecule has 0 bridgehead atoms. The van der Waals surface area contributed by atoms with Crippen molar-refractivity contribution >= 4 is 22.9 Å². The minimum absolute atomic E-state index is 0.250. The fourth-order valence-corrected chi connectivity index (χ4v) is 1.88. The van der Waals surface area contributed by atoms with Crippen LogP contribution in [0, 0.1) is 0 Å². The first kappa shape index (κ1) is 10.1. The van der Waals surface area contributed by atoms with E-state index in [0.29, 0.717) is 9.47 Å². The molecule has 0 aliphatic heterocycles. The van der Waals surface area contributed by atoms with Crippen molar-refractivity contribution in [2.75, 3.05) is 0 Å². The molecule has 0 saturated heterocycles. The van der Waals surface area contributed by atoms with E-state index in [9.17, 15) is 9.59 Å². The lowest BCUT2D eigenvalue weighted by atomic mass is 10.6. The van der Waals surface area contributed by atoms with Crippen LogP contribution >= 0.6 is 22.9 Å². The van der Waals surface area contributed by atoms with Gasteiger partial charge in [0.2, 0.25) is 4.47 Å². The Labute approximate surface area is 92.2 Å². The van der Waals surface area contributed by atoms with Crippen molar-refractivity contribution in [3.05, 3.63) is 42.6 Å². The maximum absolute atomic E-state index is 11.3. The number of H-pyrrole nitrogens is 1. The zero-order valence-corrected chi connectivity index (χ0v) is 8.88. The van der Waals surface area contributed by atoms with E-state index < -0.39 is 11.2 Å². The summed E-state index contributed by atoms with van der Waals surface area (Å²) < 4.78 is 1.64. The van der Waals surface area contributed by atoms with Crippen molar-refractivity contribution in [3.8, 4) is 0 Å². The zero-order chi connectivity index (χ0) is 10.8. The molecule has 0 aliphatic rings. The molecule has 78 valence electrons. The molecule has 0 amide bonds. The highest BCUT2D eigenvalue weighted by Crippen LogP contribution is 2.14. The smallest absolute Gasteiger partial charge is 0.294 e. The first-order chi connectivity index (χ1) is 7.15. The van der Waals surface area contributed by atoms with Crippen molar-refractivity contribution in [1.29, 1.82) is 0 Å². The Balaban J connectivity index is 2.32. The van der Waals surface area contributed by atoms with Gasteiger partial charge in [0.15, 0.2) is 0 Å². The van der Waals surface area contributed by atoms with E-state index in [0.717, 1.165) is 0 Å². The maximum atomic E-state index is 11.3. The molecule has 0 fully saturated rings. The van der Waals surface area contributed by atoms with Gasteiger partial charge in [0, 0.05) is 12.3 Å². The second-order valence-corrected chi connectivity index (χ2v) is 4.33. The number of rotatable bonds is 2. The van der Waals surface area contributed by atoms with Crippen LogP contribution in [-0.4, -0.2) is 19.7 Å². The van der Waals surface area contributed by atoms with Gasteiger partial charge in [-0.3, -0.25) is 14.3 Å². The number of nitrogens with zero attached hydrogens (tertiary/aromatic N) is 3. The third-order valence-corrected chi connectivity index (χ3v) is 2.65. The van der Waals surface area contributed by atoms with E-state index >= 15 is 0 Å². The molecule has 0 atom stereocenters. The van der Waals surface area contributed by atoms with Crippen LogP contribution in [0.25, 0.3) is 0 Å². The Kier molecular flexibility index (Phi) is 2.65. The molecule has 0 saturated carbocycles. The van der Waals surface area contributed by atoms with Gasteiger partial charge in [0.1, 0.15) is 5.01 Å². The number of halogens is 1. The molecule has 0 aliphatic carbocycles. The predicted octanol–water partition coefficient (Wildman–Crippen LogP) is 0.0898. The molecule has 15 heavy (non-hydrogen) atoms. The zero-order valence-electron chi connectivity index (χ0n) is 7.31. The van der Waals surface area contributed by atoms with Crippen LogP contribution in [0.5, 0.6) is 0 Å².